The summed E-state index contributed by atoms with van der Waals surface area (Å²) in [6.07, 6.45) is 0.164. The summed E-state index contributed by atoms with van der Waals surface area (Å²) >= 11 is 6.19. The fraction of sp³-hybridized carbons (Fsp3) is 0.346. The van der Waals surface area contributed by atoms with Gasteiger partial charge < -0.3 is 25.1 Å². The molecular formula is C26H30ClN5O6. The predicted octanol–water partition coefficient (Wildman–Crippen LogP) is 2.40. The number of anilines is 1. The number of rotatable bonds is 11. The molecular weight excluding hydrogens is 514 g/mol. The Balaban J connectivity index is 1.97. The lowest BCUT2D eigenvalue weighted by Gasteiger charge is -2.19. The SMILES string of the molecule is COc1cc(OC)c(NC(=O)Cn2c(=O)n(CC(=O)C(=N)C[C@H](C)N(C)C)c(=O)c3ccccc32)cc1Cl. The van der Waals surface area contributed by atoms with Crippen LogP contribution >= 0.6 is 11.6 Å². The number of halogens is 1. The zero-order valence-electron chi connectivity index (χ0n) is 21.8. The summed E-state index contributed by atoms with van der Waals surface area (Å²) in [6, 6.07) is 9.20. The normalized spacial score (nSPS) is 11.9. The van der Waals surface area contributed by atoms with Gasteiger partial charge in [-0.2, -0.15) is 0 Å². The van der Waals surface area contributed by atoms with Crippen molar-refractivity contribution in [2.45, 2.75) is 32.5 Å². The maximum atomic E-state index is 13.4. The third kappa shape index (κ3) is 6.12. The minimum Gasteiger partial charge on any atom is -0.495 e. The number of ether oxygens (including phenoxy) is 2. The van der Waals surface area contributed by atoms with Crippen LogP contribution in [0.2, 0.25) is 5.02 Å². The molecule has 0 saturated carbocycles. The first-order valence-corrected chi connectivity index (χ1v) is 12.1. The van der Waals surface area contributed by atoms with Crippen molar-refractivity contribution in [1.82, 2.24) is 14.0 Å². The van der Waals surface area contributed by atoms with E-state index in [0.29, 0.717) is 5.75 Å². The first kappa shape index (κ1) is 28.6. The molecule has 1 aromatic heterocycles. The van der Waals surface area contributed by atoms with Crippen molar-refractivity contribution in [3.63, 3.8) is 0 Å². The van der Waals surface area contributed by atoms with E-state index in [9.17, 15) is 19.2 Å². The number of benzene rings is 2. The van der Waals surface area contributed by atoms with Crippen LogP contribution in [0.1, 0.15) is 13.3 Å². The Hall–Kier alpha value is -3.96. The Kier molecular flexibility index (Phi) is 9.08. The van der Waals surface area contributed by atoms with Crippen LogP contribution in [-0.4, -0.2) is 65.8 Å². The standard InChI is InChI=1S/C26H30ClN5O6/c1-15(30(2)3)10-18(28)21(33)13-32-25(35)16-8-6-7-9-20(16)31(26(32)36)14-24(34)29-19-11-17(27)22(37-4)12-23(19)38-5/h6-9,11-12,15,28H,10,13-14H2,1-5H3,(H,29,34)/t15-/m0/s1. The summed E-state index contributed by atoms with van der Waals surface area (Å²) in [5, 5.41) is 11.2. The van der Waals surface area contributed by atoms with Gasteiger partial charge in [-0.3, -0.25) is 23.5 Å². The maximum absolute atomic E-state index is 13.4. The second kappa shape index (κ2) is 12.1. The highest BCUT2D eigenvalue weighted by molar-refractivity contribution is 6.38. The molecule has 0 unspecified atom stereocenters. The summed E-state index contributed by atoms with van der Waals surface area (Å²) in [4.78, 5) is 54.2. The van der Waals surface area contributed by atoms with E-state index in [1.165, 1.54) is 32.4 Å². The number of nitrogens with zero attached hydrogens (tertiary/aromatic N) is 3. The molecule has 3 rings (SSSR count). The molecule has 1 atom stereocenters. The van der Waals surface area contributed by atoms with Gasteiger partial charge in [0.1, 0.15) is 18.0 Å². The molecule has 0 spiro atoms. The summed E-state index contributed by atoms with van der Waals surface area (Å²) < 4.78 is 12.3. The Morgan fingerprint density at radius 1 is 1.05 bits per heavy atom. The van der Waals surface area contributed by atoms with Gasteiger partial charge in [0.05, 0.1) is 48.1 Å². The van der Waals surface area contributed by atoms with Crippen molar-refractivity contribution < 1.29 is 19.1 Å². The predicted molar refractivity (Wildman–Crippen MR) is 146 cm³/mol. The van der Waals surface area contributed by atoms with Crippen molar-refractivity contribution in [2.24, 2.45) is 0 Å². The van der Waals surface area contributed by atoms with Crippen LogP contribution in [-0.2, 0) is 22.7 Å². The molecule has 202 valence electrons. The van der Waals surface area contributed by atoms with Gasteiger partial charge in [-0.1, -0.05) is 23.7 Å². The Morgan fingerprint density at radius 2 is 1.71 bits per heavy atom. The van der Waals surface area contributed by atoms with Gasteiger partial charge in [-0.05, 0) is 39.2 Å². The summed E-state index contributed by atoms with van der Waals surface area (Å²) in [5.74, 6) is -0.605. The third-order valence-electron chi connectivity index (χ3n) is 6.20. The van der Waals surface area contributed by atoms with Crippen molar-refractivity contribution >= 4 is 45.6 Å². The topological polar surface area (TPSA) is 136 Å². The molecule has 2 N–H and O–H groups in total. The van der Waals surface area contributed by atoms with Crippen LogP contribution in [0.5, 0.6) is 11.5 Å². The van der Waals surface area contributed by atoms with Crippen LogP contribution < -0.4 is 26.0 Å². The summed E-state index contributed by atoms with van der Waals surface area (Å²) in [6.45, 7) is 0.793. The number of ketones is 1. The van der Waals surface area contributed by atoms with Crippen LogP contribution in [0.4, 0.5) is 5.69 Å². The second-order valence-corrected chi connectivity index (χ2v) is 9.34. The van der Waals surface area contributed by atoms with Gasteiger partial charge >= 0.3 is 5.69 Å². The molecule has 0 radical (unpaired) electrons. The van der Waals surface area contributed by atoms with E-state index in [1.54, 1.807) is 18.2 Å². The molecule has 1 amide bonds. The lowest BCUT2D eigenvalue weighted by Crippen LogP contribution is -2.44. The van der Waals surface area contributed by atoms with E-state index in [2.05, 4.69) is 5.32 Å². The Morgan fingerprint density at radius 3 is 2.34 bits per heavy atom. The Labute approximate surface area is 224 Å². The number of hydrogen-bond donors (Lipinski definition) is 2. The van der Waals surface area contributed by atoms with Gasteiger partial charge in [0.25, 0.3) is 5.56 Å². The van der Waals surface area contributed by atoms with Gasteiger partial charge in [-0.15, -0.1) is 0 Å². The van der Waals surface area contributed by atoms with E-state index >= 15 is 0 Å². The van der Waals surface area contributed by atoms with Crippen LogP contribution in [0, 0.1) is 5.41 Å². The number of methoxy groups -OCH3 is 2. The van der Waals surface area contributed by atoms with Gasteiger partial charge in [0.15, 0.2) is 5.78 Å². The lowest BCUT2D eigenvalue weighted by molar-refractivity contribution is -0.116. The number of hydrogen-bond acceptors (Lipinski definition) is 8. The average molecular weight is 544 g/mol. The molecule has 1 heterocycles. The monoisotopic (exact) mass is 543 g/mol. The largest absolute Gasteiger partial charge is 0.495 e. The molecule has 0 aliphatic rings. The zero-order valence-corrected chi connectivity index (χ0v) is 22.6. The van der Waals surface area contributed by atoms with E-state index in [1.807, 2.05) is 25.9 Å². The zero-order chi connectivity index (χ0) is 28.1. The molecule has 0 aliphatic carbocycles. The highest BCUT2D eigenvalue weighted by Crippen LogP contribution is 2.35. The third-order valence-corrected chi connectivity index (χ3v) is 6.50. The van der Waals surface area contributed by atoms with Gasteiger partial charge in [0.2, 0.25) is 5.91 Å². The van der Waals surface area contributed by atoms with Crippen LogP contribution in [0.3, 0.4) is 0 Å². The van der Waals surface area contributed by atoms with Crippen LogP contribution in [0.15, 0.2) is 46.0 Å². The van der Waals surface area contributed by atoms with Gasteiger partial charge in [-0.25, -0.2) is 4.79 Å². The summed E-state index contributed by atoms with van der Waals surface area (Å²) in [7, 11) is 6.52. The van der Waals surface area contributed by atoms with E-state index in [-0.39, 0.29) is 45.5 Å². The minimum atomic E-state index is -0.842. The number of amides is 1. The molecule has 2 aromatic carbocycles. The van der Waals surface area contributed by atoms with Crippen LogP contribution in [0.25, 0.3) is 10.9 Å². The molecule has 0 aliphatic heterocycles. The molecule has 3 aromatic rings. The Bertz CT molecular complexity index is 1510. The van der Waals surface area contributed by atoms with E-state index in [4.69, 9.17) is 26.5 Å². The van der Waals surface area contributed by atoms with Crippen molar-refractivity contribution in [2.75, 3.05) is 33.6 Å². The molecule has 11 nitrogen and oxygen atoms in total. The molecule has 38 heavy (non-hydrogen) atoms. The molecule has 12 heteroatoms. The average Bonchev–Trinajstić information content (AvgIpc) is 2.88. The fourth-order valence-electron chi connectivity index (χ4n) is 3.79. The van der Waals surface area contributed by atoms with Gasteiger partial charge in [0, 0.05) is 18.5 Å². The number of fused-ring (bicyclic) bond motifs is 1. The summed E-state index contributed by atoms with van der Waals surface area (Å²) in [5.41, 5.74) is -1.22. The van der Waals surface area contributed by atoms with Crippen molar-refractivity contribution in [1.29, 1.82) is 5.41 Å². The number of aromatic nitrogens is 2. The van der Waals surface area contributed by atoms with Crippen molar-refractivity contribution in [3.05, 3.63) is 62.3 Å². The molecule has 0 fully saturated rings. The molecule has 0 saturated heterocycles. The molecule has 0 bridgehead atoms. The minimum absolute atomic E-state index is 0.0800. The van der Waals surface area contributed by atoms with Crippen molar-refractivity contribution in [3.8, 4) is 11.5 Å². The van der Waals surface area contributed by atoms with E-state index in [0.717, 1.165) is 9.13 Å². The lowest BCUT2D eigenvalue weighted by atomic mass is 10.1. The smallest absolute Gasteiger partial charge is 0.332 e. The quantitative estimate of drug-likeness (QED) is 0.354. The van der Waals surface area contributed by atoms with E-state index < -0.39 is 36.0 Å². The first-order chi connectivity index (χ1) is 18.0. The second-order valence-electron chi connectivity index (χ2n) is 8.93. The fourth-order valence-corrected chi connectivity index (χ4v) is 4.03. The number of carbonyl (C=O) groups is 2. The number of Topliss-reactive ketones (excluding diaryl/α,β-unsaturated/α-hetero) is 1. The highest BCUT2D eigenvalue weighted by Gasteiger charge is 2.21. The number of carbonyl (C=O) groups excluding carboxylic acids is 2. The number of nitrogens with one attached hydrogen (secondary N) is 2. The number of para-hydroxylation sites is 1. The maximum Gasteiger partial charge on any atom is 0.332 e. The first-order valence-electron chi connectivity index (χ1n) is 11.7. The highest BCUT2D eigenvalue weighted by atomic mass is 35.5.